The number of hydrogen-bond donors (Lipinski definition) is 3. The van der Waals surface area contributed by atoms with Crippen molar-refractivity contribution in [3.8, 4) is 5.75 Å². The molecule has 0 fully saturated rings. The minimum atomic E-state index is 0.601. The lowest BCUT2D eigenvalue weighted by molar-refractivity contribution is 0.197. The summed E-state index contributed by atoms with van der Waals surface area (Å²) in [6.45, 7) is 2.13. The number of nitrogens with one attached hydrogen (secondary N) is 2. The van der Waals surface area contributed by atoms with Crippen LogP contribution in [-0.2, 0) is 11.2 Å². The van der Waals surface area contributed by atoms with Gasteiger partial charge in [0.2, 0.25) is 5.96 Å². The Morgan fingerprint density at radius 2 is 2.20 bits per heavy atom. The molecule has 6 nitrogen and oxygen atoms in total. The summed E-state index contributed by atoms with van der Waals surface area (Å²) in [4.78, 5) is 4.31. The lowest BCUT2D eigenvalue weighted by atomic mass is 10.1. The molecule has 0 aliphatic heterocycles. The number of rotatable bonds is 8. The van der Waals surface area contributed by atoms with Crippen LogP contribution in [0, 0.1) is 0 Å². The van der Waals surface area contributed by atoms with Gasteiger partial charge >= 0.3 is 0 Å². The van der Waals surface area contributed by atoms with E-state index in [9.17, 15) is 0 Å². The normalized spacial score (nSPS) is 11.2. The van der Waals surface area contributed by atoms with Crippen LogP contribution in [-0.4, -0.2) is 39.9 Å². The van der Waals surface area contributed by atoms with Crippen molar-refractivity contribution >= 4 is 5.96 Å². The number of guanidine groups is 1. The highest BCUT2D eigenvalue weighted by Gasteiger charge is 1.98. The van der Waals surface area contributed by atoms with Gasteiger partial charge < -0.3 is 14.8 Å². The van der Waals surface area contributed by atoms with E-state index >= 15 is 0 Å². The number of hydrogen-bond acceptors (Lipinski definition) is 4. The highest BCUT2D eigenvalue weighted by Crippen LogP contribution is 2.12. The Bertz CT molecular complexity index is 410. The van der Waals surface area contributed by atoms with E-state index in [1.165, 1.54) is 5.56 Å². The zero-order chi connectivity index (χ0) is 14.6. The third-order valence-electron chi connectivity index (χ3n) is 2.75. The summed E-state index contributed by atoms with van der Waals surface area (Å²) >= 11 is 0. The molecule has 0 spiro atoms. The highest BCUT2D eigenvalue weighted by molar-refractivity contribution is 5.79. The number of ether oxygens (including phenoxy) is 2. The van der Waals surface area contributed by atoms with E-state index < -0.39 is 0 Å². The van der Waals surface area contributed by atoms with E-state index in [1.54, 1.807) is 14.2 Å². The Labute approximate surface area is 120 Å². The van der Waals surface area contributed by atoms with Crippen LogP contribution in [0.3, 0.4) is 0 Å². The fourth-order valence-electron chi connectivity index (χ4n) is 1.71. The number of aliphatic imine (C=N–C) groups is 1. The lowest BCUT2D eigenvalue weighted by Gasteiger charge is -2.09. The van der Waals surface area contributed by atoms with Gasteiger partial charge in [-0.15, -0.1) is 0 Å². The average Bonchev–Trinajstić information content (AvgIpc) is 2.50. The van der Waals surface area contributed by atoms with E-state index in [2.05, 4.69) is 21.8 Å². The van der Waals surface area contributed by atoms with E-state index in [1.807, 2.05) is 18.2 Å². The van der Waals surface area contributed by atoms with Gasteiger partial charge in [0.05, 0.1) is 7.11 Å². The van der Waals surface area contributed by atoms with Crippen LogP contribution < -0.4 is 21.3 Å². The molecule has 0 radical (unpaired) electrons. The lowest BCUT2D eigenvalue weighted by Crippen LogP contribution is -2.42. The van der Waals surface area contributed by atoms with Crippen molar-refractivity contribution in [2.75, 3.05) is 33.9 Å². The predicted octanol–water partition coefficient (Wildman–Crippen LogP) is 0.683. The number of methoxy groups -OCH3 is 2. The maximum atomic E-state index is 5.42. The Morgan fingerprint density at radius 1 is 1.35 bits per heavy atom. The van der Waals surface area contributed by atoms with Crippen molar-refractivity contribution in [2.45, 2.75) is 12.8 Å². The first-order chi connectivity index (χ1) is 9.80. The average molecular weight is 280 g/mol. The van der Waals surface area contributed by atoms with Crippen LogP contribution in [0.2, 0.25) is 0 Å². The topological polar surface area (TPSA) is 80.9 Å². The van der Waals surface area contributed by atoms with Gasteiger partial charge in [-0.05, 0) is 30.5 Å². The van der Waals surface area contributed by atoms with E-state index in [-0.39, 0.29) is 0 Å². The third kappa shape index (κ3) is 6.40. The van der Waals surface area contributed by atoms with Crippen LogP contribution in [0.25, 0.3) is 0 Å². The molecule has 112 valence electrons. The molecule has 1 rings (SSSR count). The summed E-state index contributed by atoms with van der Waals surface area (Å²) in [5, 5.41) is 3.16. The molecule has 1 aromatic carbocycles. The molecule has 0 atom stereocenters. The zero-order valence-corrected chi connectivity index (χ0v) is 12.2. The van der Waals surface area contributed by atoms with Crippen molar-refractivity contribution in [1.29, 1.82) is 0 Å². The molecule has 0 aliphatic carbocycles. The molecule has 0 aromatic heterocycles. The SMILES string of the molecule is COCCCN=C(NN)NCCc1cccc(OC)c1. The Kier molecular flexibility index (Phi) is 8.17. The van der Waals surface area contributed by atoms with Gasteiger partial charge in [0, 0.05) is 26.8 Å². The Hall–Kier alpha value is -1.79. The van der Waals surface area contributed by atoms with E-state index in [4.69, 9.17) is 15.3 Å². The van der Waals surface area contributed by atoms with Crippen molar-refractivity contribution in [3.63, 3.8) is 0 Å². The van der Waals surface area contributed by atoms with Gasteiger partial charge in [-0.1, -0.05) is 12.1 Å². The predicted molar refractivity (Wildman–Crippen MR) is 80.8 cm³/mol. The van der Waals surface area contributed by atoms with Crippen LogP contribution in [0.4, 0.5) is 0 Å². The molecule has 0 heterocycles. The van der Waals surface area contributed by atoms with Crippen LogP contribution >= 0.6 is 0 Å². The van der Waals surface area contributed by atoms with E-state index in [0.29, 0.717) is 19.1 Å². The first-order valence-corrected chi connectivity index (χ1v) is 6.67. The van der Waals surface area contributed by atoms with Crippen LogP contribution in [0.5, 0.6) is 5.75 Å². The van der Waals surface area contributed by atoms with Crippen molar-refractivity contribution in [3.05, 3.63) is 29.8 Å². The molecule has 0 aliphatic rings. The number of nitrogens with two attached hydrogens (primary N) is 1. The monoisotopic (exact) mass is 280 g/mol. The van der Waals surface area contributed by atoms with E-state index in [0.717, 1.165) is 25.1 Å². The van der Waals surface area contributed by atoms with Crippen molar-refractivity contribution < 1.29 is 9.47 Å². The molecule has 6 heteroatoms. The first kappa shape index (κ1) is 16.3. The second-order valence-corrected chi connectivity index (χ2v) is 4.25. The summed E-state index contributed by atoms with van der Waals surface area (Å²) in [6.07, 6.45) is 1.75. The Morgan fingerprint density at radius 3 is 2.90 bits per heavy atom. The molecule has 1 aromatic rings. The number of hydrazine groups is 1. The first-order valence-electron chi connectivity index (χ1n) is 6.67. The quantitative estimate of drug-likeness (QED) is 0.214. The molecular formula is C14H24N4O2. The summed E-state index contributed by atoms with van der Waals surface area (Å²) in [5.74, 6) is 6.89. The van der Waals surface area contributed by atoms with Gasteiger partial charge in [-0.3, -0.25) is 10.4 Å². The number of benzene rings is 1. The molecule has 0 amide bonds. The van der Waals surface area contributed by atoms with Gasteiger partial charge in [-0.2, -0.15) is 0 Å². The molecule has 0 saturated carbocycles. The zero-order valence-electron chi connectivity index (χ0n) is 12.2. The molecular weight excluding hydrogens is 256 g/mol. The maximum Gasteiger partial charge on any atom is 0.205 e. The summed E-state index contributed by atoms with van der Waals surface area (Å²) in [6, 6.07) is 8.00. The third-order valence-corrected chi connectivity index (χ3v) is 2.75. The molecule has 0 bridgehead atoms. The smallest absolute Gasteiger partial charge is 0.205 e. The summed E-state index contributed by atoms with van der Waals surface area (Å²) in [5.41, 5.74) is 3.76. The molecule has 0 unspecified atom stereocenters. The Balaban J connectivity index is 2.33. The second-order valence-electron chi connectivity index (χ2n) is 4.25. The minimum absolute atomic E-state index is 0.601. The summed E-state index contributed by atoms with van der Waals surface area (Å²) < 4.78 is 10.2. The second kappa shape index (κ2) is 10.1. The van der Waals surface area contributed by atoms with Gasteiger partial charge in [0.25, 0.3) is 0 Å². The number of nitrogens with zero attached hydrogens (tertiary/aromatic N) is 1. The van der Waals surface area contributed by atoms with Gasteiger partial charge in [-0.25, -0.2) is 5.84 Å². The van der Waals surface area contributed by atoms with Crippen molar-refractivity contribution in [2.24, 2.45) is 10.8 Å². The largest absolute Gasteiger partial charge is 0.497 e. The van der Waals surface area contributed by atoms with Crippen molar-refractivity contribution in [1.82, 2.24) is 10.7 Å². The van der Waals surface area contributed by atoms with Crippen LogP contribution in [0.15, 0.2) is 29.3 Å². The standard InChI is InChI=1S/C14H24N4O2/c1-19-10-4-8-16-14(18-15)17-9-7-12-5-3-6-13(11-12)20-2/h3,5-6,11H,4,7-10,15H2,1-2H3,(H2,16,17,18). The van der Waals surface area contributed by atoms with Gasteiger partial charge in [0.15, 0.2) is 0 Å². The highest BCUT2D eigenvalue weighted by atomic mass is 16.5. The van der Waals surface area contributed by atoms with Crippen LogP contribution in [0.1, 0.15) is 12.0 Å². The van der Waals surface area contributed by atoms with Gasteiger partial charge in [0.1, 0.15) is 5.75 Å². The fourth-order valence-corrected chi connectivity index (χ4v) is 1.71. The minimum Gasteiger partial charge on any atom is -0.497 e. The summed E-state index contributed by atoms with van der Waals surface area (Å²) in [7, 11) is 3.35. The molecule has 0 saturated heterocycles. The fraction of sp³-hybridized carbons (Fsp3) is 0.500. The molecule has 4 N–H and O–H groups in total. The molecule has 20 heavy (non-hydrogen) atoms. The maximum absolute atomic E-state index is 5.42.